The lowest BCUT2D eigenvalue weighted by atomic mass is 9.99. The molecule has 2 aromatic rings. The van der Waals surface area contributed by atoms with Crippen molar-refractivity contribution in [2.75, 3.05) is 13.9 Å². The summed E-state index contributed by atoms with van der Waals surface area (Å²) < 4.78 is 10.3. The molecule has 0 radical (unpaired) electrons. The van der Waals surface area contributed by atoms with Crippen LogP contribution in [0.25, 0.3) is 0 Å². The van der Waals surface area contributed by atoms with Gasteiger partial charge in [0.2, 0.25) is 5.91 Å². The van der Waals surface area contributed by atoms with E-state index in [0.717, 1.165) is 16.9 Å². The van der Waals surface area contributed by atoms with Crippen LogP contribution in [-0.2, 0) is 11.2 Å². The Labute approximate surface area is 129 Å². The second kappa shape index (κ2) is 7.59. The molecular formula is C17H20N2O3. The van der Waals surface area contributed by atoms with E-state index in [9.17, 15) is 4.79 Å². The Morgan fingerprint density at radius 3 is 2.55 bits per heavy atom. The van der Waals surface area contributed by atoms with Gasteiger partial charge >= 0.3 is 0 Å². The van der Waals surface area contributed by atoms with E-state index in [1.165, 1.54) is 0 Å². The molecule has 0 heterocycles. The Balaban J connectivity index is 2.04. The molecule has 1 atom stereocenters. The summed E-state index contributed by atoms with van der Waals surface area (Å²) in [5.74, 6) is 0.290. The quantitative estimate of drug-likeness (QED) is 0.766. The van der Waals surface area contributed by atoms with Gasteiger partial charge in [-0.2, -0.15) is 0 Å². The van der Waals surface area contributed by atoms with E-state index in [1.807, 2.05) is 36.4 Å². The van der Waals surface area contributed by atoms with E-state index >= 15 is 0 Å². The summed E-state index contributed by atoms with van der Waals surface area (Å²) in [6, 6.07) is 14.6. The smallest absolute Gasteiger partial charge is 0.248 e. The highest BCUT2D eigenvalue weighted by Crippen LogP contribution is 2.21. The Morgan fingerprint density at radius 1 is 1.18 bits per heavy atom. The zero-order valence-electron chi connectivity index (χ0n) is 12.5. The lowest BCUT2D eigenvalue weighted by molar-refractivity contribution is 0.0510. The molecule has 0 spiro atoms. The molecule has 0 saturated carbocycles. The molecule has 5 nitrogen and oxygen atoms in total. The van der Waals surface area contributed by atoms with Gasteiger partial charge in [-0.1, -0.05) is 24.3 Å². The highest BCUT2D eigenvalue weighted by molar-refractivity contribution is 5.92. The largest absolute Gasteiger partial charge is 0.468 e. The van der Waals surface area contributed by atoms with Crippen molar-refractivity contribution < 1.29 is 14.3 Å². The molecule has 2 aromatic carbocycles. The van der Waals surface area contributed by atoms with Crippen LogP contribution in [0.1, 0.15) is 27.5 Å². The highest BCUT2D eigenvalue weighted by atomic mass is 16.7. The first kappa shape index (κ1) is 16.0. The number of benzene rings is 2. The molecule has 0 aliphatic heterocycles. The van der Waals surface area contributed by atoms with Crippen LogP contribution >= 0.6 is 0 Å². The van der Waals surface area contributed by atoms with Crippen molar-refractivity contribution in [1.82, 2.24) is 0 Å². The molecule has 116 valence electrons. The second-order valence-corrected chi connectivity index (χ2v) is 5.00. The average Bonchev–Trinajstić information content (AvgIpc) is 2.53. The fourth-order valence-electron chi connectivity index (χ4n) is 2.14. The van der Waals surface area contributed by atoms with Crippen LogP contribution in [0.15, 0.2) is 48.5 Å². The lowest BCUT2D eigenvalue weighted by Crippen LogP contribution is -2.14. The number of primary amides is 1. The molecule has 2 rings (SSSR count). The monoisotopic (exact) mass is 300 g/mol. The van der Waals surface area contributed by atoms with Crippen LogP contribution in [0.5, 0.6) is 5.75 Å². The minimum absolute atomic E-state index is 0.162. The first-order valence-electron chi connectivity index (χ1n) is 6.96. The summed E-state index contributed by atoms with van der Waals surface area (Å²) in [6.07, 6.45) is 0.659. The van der Waals surface area contributed by atoms with Crippen LogP contribution in [-0.4, -0.2) is 19.8 Å². The van der Waals surface area contributed by atoms with Gasteiger partial charge in [-0.15, -0.1) is 0 Å². The fraction of sp³-hybridized carbons (Fsp3) is 0.235. The molecule has 1 unspecified atom stereocenters. The van der Waals surface area contributed by atoms with Crippen LogP contribution in [0, 0.1) is 0 Å². The van der Waals surface area contributed by atoms with Gasteiger partial charge in [-0.05, 0) is 41.8 Å². The third-order valence-electron chi connectivity index (χ3n) is 3.32. The van der Waals surface area contributed by atoms with Gasteiger partial charge in [-0.25, -0.2) is 0 Å². The molecule has 4 N–H and O–H groups in total. The normalized spacial score (nSPS) is 11.9. The number of carbonyl (C=O) groups excluding carboxylic acids is 1. The van der Waals surface area contributed by atoms with E-state index in [4.69, 9.17) is 20.9 Å². The molecular weight excluding hydrogens is 280 g/mol. The summed E-state index contributed by atoms with van der Waals surface area (Å²) >= 11 is 0. The summed E-state index contributed by atoms with van der Waals surface area (Å²) in [5, 5.41) is 0. The Bertz CT molecular complexity index is 626. The second-order valence-electron chi connectivity index (χ2n) is 5.00. The maximum Gasteiger partial charge on any atom is 0.248 e. The number of methoxy groups -OCH3 is 1. The van der Waals surface area contributed by atoms with Crippen molar-refractivity contribution in [2.45, 2.75) is 12.5 Å². The molecule has 1 amide bonds. The summed E-state index contributed by atoms with van der Waals surface area (Å²) in [5.41, 5.74) is 14.0. The maximum atomic E-state index is 11.1. The molecule has 0 bridgehead atoms. The summed E-state index contributed by atoms with van der Waals surface area (Å²) in [4.78, 5) is 11.1. The van der Waals surface area contributed by atoms with E-state index in [1.54, 1.807) is 19.2 Å². The van der Waals surface area contributed by atoms with Crippen LogP contribution in [0.4, 0.5) is 0 Å². The van der Waals surface area contributed by atoms with Crippen LogP contribution in [0.2, 0.25) is 0 Å². The molecule has 0 aliphatic rings. The highest BCUT2D eigenvalue weighted by Gasteiger charge is 2.09. The van der Waals surface area contributed by atoms with Crippen molar-refractivity contribution in [3.05, 3.63) is 65.2 Å². The summed E-state index contributed by atoms with van der Waals surface area (Å²) in [6.45, 7) is 0.202. The van der Waals surface area contributed by atoms with E-state index in [0.29, 0.717) is 12.0 Å². The third kappa shape index (κ3) is 4.31. The van der Waals surface area contributed by atoms with Gasteiger partial charge in [0.05, 0.1) is 0 Å². The minimum Gasteiger partial charge on any atom is -0.468 e. The van der Waals surface area contributed by atoms with E-state index in [-0.39, 0.29) is 12.8 Å². The zero-order valence-corrected chi connectivity index (χ0v) is 12.5. The van der Waals surface area contributed by atoms with Gasteiger partial charge in [0, 0.05) is 18.7 Å². The average molecular weight is 300 g/mol. The first-order chi connectivity index (χ1) is 10.6. The van der Waals surface area contributed by atoms with Crippen LogP contribution in [0.3, 0.4) is 0 Å². The zero-order chi connectivity index (χ0) is 15.9. The Kier molecular flexibility index (Phi) is 5.52. The standard InChI is InChI=1S/C17H20N2O3/c1-21-11-22-15-4-2-3-14(10-15)16(18)9-12-5-7-13(8-6-12)17(19)20/h2-8,10,16H,9,11,18H2,1H3,(H2,19,20). The predicted molar refractivity (Wildman–Crippen MR) is 84.5 cm³/mol. The molecule has 22 heavy (non-hydrogen) atoms. The van der Waals surface area contributed by atoms with Gasteiger partial charge in [0.15, 0.2) is 6.79 Å². The van der Waals surface area contributed by atoms with Gasteiger partial charge in [0.25, 0.3) is 0 Å². The number of rotatable bonds is 7. The lowest BCUT2D eigenvalue weighted by Gasteiger charge is -2.14. The number of carbonyl (C=O) groups is 1. The van der Waals surface area contributed by atoms with Crippen molar-refractivity contribution >= 4 is 5.91 Å². The number of nitrogens with two attached hydrogens (primary N) is 2. The first-order valence-corrected chi connectivity index (χ1v) is 6.96. The van der Waals surface area contributed by atoms with Gasteiger partial charge in [-0.3, -0.25) is 4.79 Å². The SMILES string of the molecule is COCOc1cccc(C(N)Cc2ccc(C(N)=O)cc2)c1. The third-order valence-corrected chi connectivity index (χ3v) is 3.32. The number of hydrogen-bond acceptors (Lipinski definition) is 4. The number of ether oxygens (including phenoxy) is 2. The minimum atomic E-state index is -0.432. The molecule has 0 saturated heterocycles. The van der Waals surface area contributed by atoms with Crippen molar-refractivity contribution in [3.63, 3.8) is 0 Å². The Morgan fingerprint density at radius 2 is 1.91 bits per heavy atom. The Hall–Kier alpha value is -2.37. The topological polar surface area (TPSA) is 87.6 Å². The predicted octanol–water partition coefficient (Wildman–Crippen LogP) is 2.01. The number of hydrogen-bond donors (Lipinski definition) is 2. The van der Waals surface area contributed by atoms with Gasteiger partial charge in [0.1, 0.15) is 5.75 Å². The van der Waals surface area contributed by atoms with Crippen LogP contribution < -0.4 is 16.2 Å². The molecule has 5 heteroatoms. The van der Waals surface area contributed by atoms with Gasteiger partial charge < -0.3 is 20.9 Å². The maximum absolute atomic E-state index is 11.1. The van der Waals surface area contributed by atoms with E-state index in [2.05, 4.69) is 0 Å². The molecule has 0 fully saturated rings. The summed E-state index contributed by atoms with van der Waals surface area (Å²) in [7, 11) is 1.57. The number of amides is 1. The van der Waals surface area contributed by atoms with Crippen molar-refractivity contribution in [2.24, 2.45) is 11.5 Å². The molecule has 0 aliphatic carbocycles. The van der Waals surface area contributed by atoms with Crippen molar-refractivity contribution in [3.8, 4) is 5.75 Å². The van der Waals surface area contributed by atoms with E-state index < -0.39 is 5.91 Å². The van der Waals surface area contributed by atoms with Crippen molar-refractivity contribution in [1.29, 1.82) is 0 Å². The fourth-order valence-corrected chi connectivity index (χ4v) is 2.14. The molecule has 0 aromatic heterocycles.